The molecular weight excluding hydrogens is 292 g/mol. The van der Waals surface area contributed by atoms with Crippen molar-refractivity contribution in [2.24, 2.45) is 5.73 Å². The van der Waals surface area contributed by atoms with Gasteiger partial charge in [-0.2, -0.15) is 11.8 Å². The minimum absolute atomic E-state index is 0.0488. The van der Waals surface area contributed by atoms with E-state index in [2.05, 4.69) is 11.8 Å². The van der Waals surface area contributed by atoms with E-state index in [9.17, 15) is 4.79 Å². The SMILES string of the molecule is NCC#Cc1ccc(C(=O)N2CCCSCC2)cc1Cl. The Morgan fingerprint density at radius 2 is 2.25 bits per heavy atom. The Bertz CT molecular complexity index is 543. The van der Waals surface area contributed by atoms with E-state index < -0.39 is 0 Å². The highest BCUT2D eigenvalue weighted by molar-refractivity contribution is 7.99. The Morgan fingerprint density at radius 3 is 3.00 bits per heavy atom. The number of benzene rings is 1. The lowest BCUT2D eigenvalue weighted by Gasteiger charge is -2.20. The highest BCUT2D eigenvalue weighted by atomic mass is 35.5. The van der Waals surface area contributed by atoms with Crippen LogP contribution < -0.4 is 5.73 Å². The summed E-state index contributed by atoms with van der Waals surface area (Å²) >= 11 is 8.06. The minimum Gasteiger partial charge on any atom is -0.338 e. The summed E-state index contributed by atoms with van der Waals surface area (Å²) < 4.78 is 0. The van der Waals surface area contributed by atoms with Crippen molar-refractivity contribution in [1.82, 2.24) is 4.90 Å². The van der Waals surface area contributed by atoms with E-state index in [0.29, 0.717) is 22.7 Å². The molecule has 0 bridgehead atoms. The number of nitrogens with zero attached hydrogens (tertiary/aromatic N) is 1. The summed E-state index contributed by atoms with van der Waals surface area (Å²) in [6, 6.07) is 5.26. The predicted octanol–water partition coefficient (Wildman–Crippen LogP) is 2.23. The van der Waals surface area contributed by atoms with Crippen LogP contribution in [0.5, 0.6) is 0 Å². The minimum atomic E-state index is 0.0488. The standard InChI is InChI=1S/C15H17ClN2OS/c16-14-11-13(5-4-12(14)3-1-6-17)15(19)18-7-2-9-20-10-8-18/h4-5,11H,2,6-10,17H2. The molecule has 0 aliphatic carbocycles. The van der Waals surface area contributed by atoms with Gasteiger partial charge in [0.2, 0.25) is 0 Å². The van der Waals surface area contributed by atoms with Crippen LogP contribution in [0.25, 0.3) is 0 Å². The van der Waals surface area contributed by atoms with Gasteiger partial charge in [0.25, 0.3) is 5.91 Å². The molecule has 1 fully saturated rings. The van der Waals surface area contributed by atoms with Gasteiger partial charge in [-0.3, -0.25) is 4.79 Å². The number of nitrogens with two attached hydrogens (primary N) is 1. The molecule has 1 aliphatic heterocycles. The largest absolute Gasteiger partial charge is 0.338 e. The fraction of sp³-hybridized carbons (Fsp3) is 0.400. The van der Waals surface area contributed by atoms with Crippen LogP contribution in [0.4, 0.5) is 0 Å². The first-order valence-electron chi connectivity index (χ1n) is 6.58. The highest BCUT2D eigenvalue weighted by Crippen LogP contribution is 2.19. The molecule has 0 spiro atoms. The van der Waals surface area contributed by atoms with Crippen molar-refractivity contribution in [3.8, 4) is 11.8 Å². The zero-order valence-electron chi connectivity index (χ0n) is 11.2. The van der Waals surface area contributed by atoms with Crippen molar-refractivity contribution in [3.05, 3.63) is 34.3 Å². The second-order valence-corrected chi connectivity index (χ2v) is 6.09. The van der Waals surface area contributed by atoms with Crippen LogP contribution in [-0.2, 0) is 0 Å². The van der Waals surface area contributed by atoms with Crippen LogP contribution in [-0.4, -0.2) is 41.9 Å². The fourth-order valence-corrected chi connectivity index (χ4v) is 3.14. The van der Waals surface area contributed by atoms with Crippen molar-refractivity contribution in [3.63, 3.8) is 0 Å². The van der Waals surface area contributed by atoms with Crippen molar-refractivity contribution in [2.75, 3.05) is 31.1 Å². The summed E-state index contributed by atoms with van der Waals surface area (Å²) in [4.78, 5) is 14.3. The normalized spacial score (nSPS) is 15.2. The van der Waals surface area contributed by atoms with Crippen LogP contribution in [0.15, 0.2) is 18.2 Å². The summed E-state index contributed by atoms with van der Waals surface area (Å²) in [7, 11) is 0. The molecule has 1 aromatic rings. The molecule has 0 radical (unpaired) electrons. The molecule has 2 N–H and O–H groups in total. The van der Waals surface area contributed by atoms with Gasteiger partial charge >= 0.3 is 0 Å². The first-order valence-corrected chi connectivity index (χ1v) is 8.11. The Morgan fingerprint density at radius 1 is 1.40 bits per heavy atom. The maximum Gasteiger partial charge on any atom is 0.253 e. The Hall–Kier alpha value is -1.15. The molecular formula is C15H17ClN2OS. The molecule has 0 atom stereocenters. The number of amides is 1. The second-order valence-electron chi connectivity index (χ2n) is 4.46. The third kappa shape index (κ3) is 3.92. The van der Waals surface area contributed by atoms with E-state index in [1.54, 1.807) is 18.2 Å². The summed E-state index contributed by atoms with van der Waals surface area (Å²) in [5, 5.41) is 0.501. The third-order valence-electron chi connectivity index (χ3n) is 3.05. The summed E-state index contributed by atoms with van der Waals surface area (Å²) in [5.74, 6) is 7.83. The molecule has 20 heavy (non-hydrogen) atoms. The topological polar surface area (TPSA) is 46.3 Å². The molecule has 1 saturated heterocycles. The van der Waals surface area contributed by atoms with Crippen molar-refractivity contribution >= 4 is 29.3 Å². The number of hydrogen-bond donors (Lipinski definition) is 1. The number of halogens is 1. The quantitative estimate of drug-likeness (QED) is 0.809. The van der Waals surface area contributed by atoms with Crippen LogP contribution in [0.2, 0.25) is 5.02 Å². The van der Waals surface area contributed by atoms with Crippen molar-refractivity contribution in [1.29, 1.82) is 0 Å². The Kier molecular flexibility index (Phi) is 5.78. The lowest BCUT2D eigenvalue weighted by atomic mass is 10.1. The van der Waals surface area contributed by atoms with Crippen molar-refractivity contribution in [2.45, 2.75) is 6.42 Å². The molecule has 0 aromatic heterocycles. The van der Waals surface area contributed by atoms with Gasteiger partial charge in [0.1, 0.15) is 0 Å². The van der Waals surface area contributed by atoms with Gasteiger partial charge < -0.3 is 10.6 Å². The molecule has 1 amide bonds. The molecule has 106 valence electrons. The predicted molar refractivity (Wildman–Crippen MR) is 85.2 cm³/mol. The number of rotatable bonds is 1. The molecule has 0 saturated carbocycles. The maximum atomic E-state index is 12.4. The summed E-state index contributed by atoms with van der Waals surface area (Å²) in [5.41, 5.74) is 6.67. The summed E-state index contributed by atoms with van der Waals surface area (Å²) in [6.45, 7) is 1.91. The van der Waals surface area contributed by atoms with Gasteiger partial charge in [0.15, 0.2) is 0 Å². The zero-order chi connectivity index (χ0) is 14.4. The molecule has 2 rings (SSSR count). The van der Waals surface area contributed by atoms with E-state index in [0.717, 1.165) is 31.0 Å². The highest BCUT2D eigenvalue weighted by Gasteiger charge is 2.18. The zero-order valence-corrected chi connectivity index (χ0v) is 12.8. The van der Waals surface area contributed by atoms with E-state index in [1.165, 1.54) is 0 Å². The Labute approximate surface area is 128 Å². The molecule has 1 heterocycles. The fourth-order valence-electron chi connectivity index (χ4n) is 2.03. The van der Waals surface area contributed by atoms with Crippen LogP contribution in [0.3, 0.4) is 0 Å². The molecule has 0 unspecified atom stereocenters. The van der Waals surface area contributed by atoms with E-state index in [-0.39, 0.29) is 5.91 Å². The number of thioether (sulfide) groups is 1. The van der Waals surface area contributed by atoms with Gasteiger partial charge in [0.05, 0.1) is 11.6 Å². The van der Waals surface area contributed by atoms with Gasteiger partial charge in [-0.25, -0.2) is 0 Å². The number of carbonyl (C=O) groups excluding carboxylic acids is 1. The smallest absolute Gasteiger partial charge is 0.253 e. The van der Waals surface area contributed by atoms with E-state index >= 15 is 0 Å². The van der Waals surface area contributed by atoms with Gasteiger partial charge in [0, 0.05) is 30.0 Å². The van der Waals surface area contributed by atoms with Gasteiger partial charge in [-0.1, -0.05) is 23.4 Å². The van der Waals surface area contributed by atoms with E-state index in [1.807, 2.05) is 16.7 Å². The Balaban J connectivity index is 2.15. The van der Waals surface area contributed by atoms with E-state index in [4.69, 9.17) is 17.3 Å². The third-order valence-corrected chi connectivity index (χ3v) is 4.41. The van der Waals surface area contributed by atoms with Crippen LogP contribution in [0.1, 0.15) is 22.3 Å². The van der Waals surface area contributed by atoms with Crippen LogP contribution >= 0.6 is 23.4 Å². The molecule has 1 aromatic carbocycles. The lowest BCUT2D eigenvalue weighted by Crippen LogP contribution is -2.32. The summed E-state index contributed by atoms with van der Waals surface area (Å²) in [6.07, 6.45) is 1.05. The molecule has 3 nitrogen and oxygen atoms in total. The molecule has 1 aliphatic rings. The van der Waals surface area contributed by atoms with Crippen LogP contribution in [0, 0.1) is 11.8 Å². The second kappa shape index (κ2) is 7.58. The first-order chi connectivity index (χ1) is 9.72. The van der Waals surface area contributed by atoms with Gasteiger partial charge in [-0.05, 0) is 30.4 Å². The van der Waals surface area contributed by atoms with Gasteiger partial charge in [-0.15, -0.1) is 0 Å². The van der Waals surface area contributed by atoms with Crippen molar-refractivity contribution < 1.29 is 4.79 Å². The molecule has 5 heteroatoms. The number of hydrogen-bond acceptors (Lipinski definition) is 3. The number of carbonyl (C=O) groups is 1. The monoisotopic (exact) mass is 308 g/mol. The average molecular weight is 309 g/mol. The first kappa shape index (κ1) is 15.2. The maximum absolute atomic E-state index is 12.4. The lowest BCUT2D eigenvalue weighted by molar-refractivity contribution is 0.0768. The average Bonchev–Trinajstić information content (AvgIpc) is 2.74.